The highest BCUT2D eigenvalue weighted by Crippen LogP contribution is 2.28. The summed E-state index contributed by atoms with van der Waals surface area (Å²) >= 11 is 0. The van der Waals surface area contributed by atoms with Gasteiger partial charge in [-0.05, 0) is 64.3 Å². The number of rotatable bonds is 11. The summed E-state index contributed by atoms with van der Waals surface area (Å²) in [5, 5.41) is 32.2. The van der Waals surface area contributed by atoms with Crippen LogP contribution in [0.4, 0.5) is 13.2 Å². The SMILES string of the molecule is CC(C)Oc1ccc(C(=O)N[C@H](CCO)Cc2ccc(-c3cn(CC(F)(F)F)c(C(C)(C)O)n3)cc2)cc1C#N. The summed E-state index contributed by atoms with van der Waals surface area (Å²) in [6, 6.07) is 13.2. The molecule has 0 fully saturated rings. The first-order valence-corrected chi connectivity index (χ1v) is 12.8. The number of halogens is 3. The van der Waals surface area contributed by atoms with Gasteiger partial charge in [0.1, 0.15) is 29.8 Å². The molecular weight excluding hydrogens is 525 g/mol. The lowest BCUT2D eigenvalue weighted by Crippen LogP contribution is -2.37. The fourth-order valence-electron chi connectivity index (χ4n) is 4.22. The van der Waals surface area contributed by atoms with E-state index in [1.165, 1.54) is 26.1 Å². The van der Waals surface area contributed by atoms with E-state index in [1.54, 1.807) is 36.4 Å². The zero-order valence-electron chi connectivity index (χ0n) is 22.8. The van der Waals surface area contributed by atoms with Gasteiger partial charge in [-0.25, -0.2) is 4.98 Å². The van der Waals surface area contributed by atoms with Crippen molar-refractivity contribution in [2.75, 3.05) is 6.61 Å². The predicted octanol–water partition coefficient (Wildman–Crippen LogP) is 4.72. The van der Waals surface area contributed by atoms with Crippen LogP contribution in [0.5, 0.6) is 5.75 Å². The Labute approximate surface area is 231 Å². The van der Waals surface area contributed by atoms with Gasteiger partial charge in [0.15, 0.2) is 0 Å². The second-order valence-electron chi connectivity index (χ2n) is 10.3. The van der Waals surface area contributed by atoms with Gasteiger partial charge < -0.3 is 24.8 Å². The fourth-order valence-corrected chi connectivity index (χ4v) is 4.22. The predicted molar refractivity (Wildman–Crippen MR) is 143 cm³/mol. The number of nitriles is 1. The Morgan fingerprint density at radius 1 is 1.18 bits per heavy atom. The number of carbonyl (C=O) groups excluding carboxylic acids is 1. The van der Waals surface area contributed by atoms with Crippen LogP contribution < -0.4 is 10.1 Å². The van der Waals surface area contributed by atoms with Crippen molar-refractivity contribution in [3.05, 3.63) is 71.2 Å². The molecule has 0 unspecified atom stereocenters. The van der Waals surface area contributed by atoms with E-state index in [9.17, 15) is 33.4 Å². The van der Waals surface area contributed by atoms with Gasteiger partial charge in [0.2, 0.25) is 0 Å². The molecular formula is C29H33F3N4O4. The molecule has 0 saturated heterocycles. The molecule has 1 atom stereocenters. The van der Waals surface area contributed by atoms with Gasteiger partial charge >= 0.3 is 6.18 Å². The lowest BCUT2D eigenvalue weighted by molar-refractivity contribution is -0.142. The third-order valence-corrected chi connectivity index (χ3v) is 5.94. The molecule has 0 spiro atoms. The van der Waals surface area contributed by atoms with Crippen LogP contribution in [-0.4, -0.2) is 50.6 Å². The van der Waals surface area contributed by atoms with Crippen molar-refractivity contribution in [1.82, 2.24) is 14.9 Å². The summed E-state index contributed by atoms with van der Waals surface area (Å²) in [7, 11) is 0. The second-order valence-corrected chi connectivity index (χ2v) is 10.3. The Balaban J connectivity index is 1.76. The van der Waals surface area contributed by atoms with Crippen LogP contribution in [0.1, 0.15) is 61.4 Å². The van der Waals surface area contributed by atoms with Crippen molar-refractivity contribution in [3.8, 4) is 23.1 Å². The first-order valence-electron chi connectivity index (χ1n) is 12.8. The number of imidazole rings is 1. The van der Waals surface area contributed by atoms with E-state index in [0.717, 1.165) is 10.1 Å². The number of aliphatic hydroxyl groups excluding tert-OH is 1. The highest BCUT2D eigenvalue weighted by Gasteiger charge is 2.33. The van der Waals surface area contributed by atoms with E-state index in [0.29, 0.717) is 17.7 Å². The molecule has 0 saturated carbocycles. The number of hydrogen-bond acceptors (Lipinski definition) is 6. The fraction of sp³-hybridized carbons (Fsp3) is 0.414. The topological polar surface area (TPSA) is 120 Å². The van der Waals surface area contributed by atoms with E-state index in [2.05, 4.69) is 10.3 Å². The van der Waals surface area contributed by atoms with E-state index in [4.69, 9.17) is 4.74 Å². The molecule has 0 bridgehead atoms. The summed E-state index contributed by atoms with van der Waals surface area (Å²) in [4.78, 5) is 17.2. The highest BCUT2D eigenvalue weighted by molar-refractivity contribution is 5.95. The van der Waals surface area contributed by atoms with Crippen molar-refractivity contribution in [1.29, 1.82) is 5.26 Å². The van der Waals surface area contributed by atoms with Gasteiger partial charge in [0.05, 0.1) is 17.4 Å². The Morgan fingerprint density at radius 3 is 2.40 bits per heavy atom. The molecule has 0 aliphatic rings. The molecule has 1 aromatic heterocycles. The standard InChI is InChI=1S/C29H33F3N4O4/c1-18(2)40-25-10-9-21(14-22(25)15-33)26(38)34-23(11-12-37)13-19-5-7-20(8-6-19)24-16-36(17-29(30,31)32)27(35-24)28(3,4)39/h5-10,14,16,18,23,37,39H,11-13,17H2,1-4H3,(H,34,38)/t23-/m1/s1. The smallest absolute Gasteiger partial charge is 0.406 e. The second kappa shape index (κ2) is 12.5. The first kappa shape index (κ1) is 30.7. The third kappa shape index (κ3) is 8.31. The summed E-state index contributed by atoms with van der Waals surface area (Å²) in [5.41, 5.74) is 0.606. The maximum atomic E-state index is 13.1. The highest BCUT2D eigenvalue weighted by atomic mass is 19.4. The van der Waals surface area contributed by atoms with Crippen molar-refractivity contribution < 1.29 is 32.9 Å². The van der Waals surface area contributed by atoms with Crippen LogP contribution in [-0.2, 0) is 18.6 Å². The lowest BCUT2D eigenvalue weighted by Gasteiger charge is -2.19. The van der Waals surface area contributed by atoms with E-state index in [1.807, 2.05) is 19.9 Å². The van der Waals surface area contributed by atoms with E-state index in [-0.39, 0.29) is 41.8 Å². The molecule has 1 heterocycles. The van der Waals surface area contributed by atoms with Crippen LogP contribution >= 0.6 is 0 Å². The number of ether oxygens (including phenoxy) is 1. The van der Waals surface area contributed by atoms with Crippen LogP contribution in [0.2, 0.25) is 0 Å². The molecule has 2 aromatic carbocycles. The third-order valence-electron chi connectivity index (χ3n) is 5.94. The summed E-state index contributed by atoms with van der Waals surface area (Å²) < 4.78 is 45.7. The average Bonchev–Trinajstić information content (AvgIpc) is 3.27. The van der Waals surface area contributed by atoms with Gasteiger partial charge in [-0.3, -0.25) is 4.79 Å². The normalized spacial score (nSPS) is 12.7. The zero-order valence-corrected chi connectivity index (χ0v) is 22.8. The van der Waals surface area contributed by atoms with Crippen molar-refractivity contribution >= 4 is 5.91 Å². The van der Waals surface area contributed by atoms with Crippen LogP contribution in [0.3, 0.4) is 0 Å². The molecule has 3 aromatic rings. The van der Waals surface area contributed by atoms with Gasteiger partial charge in [-0.2, -0.15) is 18.4 Å². The first-order chi connectivity index (χ1) is 18.7. The quantitative estimate of drug-likeness (QED) is 0.313. The zero-order chi connectivity index (χ0) is 29.7. The van der Waals surface area contributed by atoms with E-state index >= 15 is 0 Å². The van der Waals surface area contributed by atoms with Crippen molar-refractivity contribution in [2.24, 2.45) is 0 Å². The number of amides is 1. The monoisotopic (exact) mass is 558 g/mol. The number of aliphatic hydroxyl groups is 2. The van der Waals surface area contributed by atoms with E-state index < -0.39 is 30.3 Å². The maximum Gasteiger partial charge on any atom is 0.406 e. The summed E-state index contributed by atoms with van der Waals surface area (Å²) in [6.07, 6.45) is -2.69. The summed E-state index contributed by atoms with van der Waals surface area (Å²) in [5.74, 6) is -0.117. The Hall–Kier alpha value is -3.88. The molecule has 0 aliphatic heterocycles. The average molecular weight is 559 g/mol. The van der Waals surface area contributed by atoms with Gasteiger partial charge in [-0.15, -0.1) is 0 Å². The number of aromatic nitrogens is 2. The van der Waals surface area contributed by atoms with Gasteiger partial charge in [0.25, 0.3) is 5.91 Å². The molecule has 8 nitrogen and oxygen atoms in total. The van der Waals surface area contributed by atoms with Crippen molar-refractivity contribution in [3.63, 3.8) is 0 Å². The largest absolute Gasteiger partial charge is 0.490 e. The summed E-state index contributed by atoms with van der Waals surface area (Å²) in [6.45, 7) is 4.98. The Morgan fingerprint density at radius 2 is 1.85 bits per heavy atom. The number of alkyl halides is 3. The molecule has 0 radical (unpaired) electrons. The number of carbonyl (C=O) groups is 1. The van der Waals surface area contributed by atoms with Crippen LogP contribution in [0, 0.1) is 11.3 Å². The molecule has 0 aliphatic carbocycles. The van der Waals surface area contributed by atoms with Crippen LogP contribution in [0.15, 0.2) is 48.7 Å². The van der Waals surface area contributed by atoms with Gasteiger partial charge in [-0.1, -0.05) is 24.3 Å². The molecule has 214 valence electrons. The minimum absolute atomic E-state index is 0.0991. The van der Waals surface area contributed by atoms with Gasteiger partial charge in [0, 0.05) is 30.0 Å². The minimum Gasteiger partial charge on any atom is -0.490 e. The molecule has 3 rings (SSSR count). The molecule has 3 N–H and O–H groups in total. The molecule has 1 amide bonds. The lowest BCUT2D eigenvalue weighted by atomic mass is 10.0. The van der Waals surface area contributed by atoms with Crippen molar-refractivity contribution in [2.45, 2.75) is 71.0 Å². The number of nitrogens with one attached hydrogen (secondary N) is 1. The number of benzene rings is 2. The maximum absolute atomic E-state index is 13.1. The Bertz CT molecular complexity index is 1350. The Kier molecular flexibility index (Phi) is 9.60. The molecule has 11 heteroatoms. The molecule has 40 heavy (non-hydrogen) atoms. The number of nitrogens with zero attached hydrogens (tertiary/aromatic N) is 3. The van der Waals surface area contributed by atoms with Crippen LogP contribution in [0.25, 0.3) is 11.3 Å². The minimum atomic E-state index is -4.48. The number of hydrogen-bond donors (Lipinski definition) is 3.